The van der Waals surface area contributed by atoms with Crippen molar-refractivity contribution in [2.75, 3.05) is 6.54 Å². The number of aromatic carboxylic acids is 1. The molecule has 0 unspecified atom stereocenters. The maximum atomic E-state index is 10.6. The minimum absolute atomic E-state index is 0.0151. The molecule has 0 aliphatic rings. The van der Waals surface area contributed by atoms with Crippen molar-refractivity contribution in [3.05, 3.63) is 11.9 Å². The van der Waals surface area contributed by atoms with Crippen LogP contribution in [0.15, 0.2) is 6.20 Å². The van der Waals surface area contributed by atoms with E-state index < -0.39 is 5.97 Å². The summed E-state index contributed by atoms with van der Waals surface area (Å²) in [7, 11) is 0. The van der Waals surface area contributed by atoms with Gasteiger partial charge in [0, 0.05) is 12.1 Å². The largest absolute Gasteiger partial charge is 0.476 e. The van der Waals surface area contributed by atoms with Gasteiger partial charge in [0.15, 0.2) is 5.69 Å². The molecular weight excluding hydrogens is 220 g/mol. The molecule has 6 nitrogen and oxygen atoms in total. The first kappa shape index (κ1) is 13.6. The average Bonchev–Trinajstić information content (AvgIpc) is 2.78. The fourth-order valence-electron chi connectivity index (χ4n) is 1.48. The second-order valence-electron chi connectivity index (χ2n) is 4.37. The number of carbonyl (C=O) groups is 1. The number of hydrogen-bond donors (Lipinski definition) is 2. The fourth-order valence-corrected chi connectivity index (χ4v) is 1.48. The third-order valence-electron chi connectivity index (χ3n) is 3.21. The molecule has 0 saturated heterocycles. The van der Waals surface area contributed by atoms with Crippen molar-refractivity contribution >= 4 is 5.97 Å². The van der Waals surface area contributed by atoms with Crippen molar-refractivity contribution in [1.29, 1.82) is 0 Å². The topological polar surface area (TPSA) is 80.0 Å². The molecule has 0 aliphatic carbocycles. The predicted molar refractivity (Wildman–Crippen MR) is 64.0 cm³/mol. The van der Waals surface area contributed by atoms with Crippen LogP contribution in [0.5, 0.6) is 0 Å². The molecule has 0 radical (unpaired) electrons. The lowest BCUT2D eigenvalue weighted by Gasteiger charge is -2.28. The van der Waals surface area contributed by atoms with Crippen molar-refractivity contribution in [3.63, 3.8) is 0 Å². The van der Waals surface area contributed by atoms with Crippen LogP contribution in [0.4, 0.5) is 0 Å². The highest BCUT2D eigenvalue weighted by molar-refractivity contribution is 5.84. The van der Waals surface area contributed by atoms with Gasteiger partial charge >= 0.3 is 5.97 Å². The maximum Gasteiger partial charge on any atom is 0.358 e. The molecule has 0 aromatic carbocycles. The second kappa shape index (κ2) is 5.77. The SMILES string of the molecule is CCC(C)(CC)NCCn1cc(C(=O)O)nn1. The van der Waals surface area contributed by atoms with E-state index in [1.165, 1.54) is 6.20 Å². The Labute approximate surface area is 101 Å². The smallest absolute Gasteiger partial charge is 0.358 e. The van der Waals surface area contributed by atoms with Gasteiger partial charge in [-0.2, -0.15) is 0 Å². The molecule has 0 saturated carbocycles. The monoisotopic (exact) mass is 240 g/mol. The third kappa shape index (κ3) is 3.81. The summed E-state index contributed by atoms with van der Waals surface area (Å²) < 4.78 is 1.54. The van der Waals surface area contributed by atoms with Gasteiger partial charge in [-0.15, -0.1) is 5.10 Å². The number of rotatable bonds is 7. The van der Waals surface area contributed by atoms with E-state index >= 15 is 0 Å². The van der Waals surface area contributed by atoms with E-state index in [0.29, 0.717) is 6.54 Å². The van der Waals surface area contributed by atoms with Gasteiger partial charge in [-0.1, -0.05) is 19.1 Å². The molecule has 17 heavy (non-hydrogen) atoms. The first-order valence-electron chi connectivity index (χ1n) is 5.89. The lowest BCUT2D eigenvalue weighted by atomic mass is 9.96. The van der Waals surface area contributed by atoms with Crippen molar-refractivity contribution in [1.82, 2.24) is 20.3 Å². The minimum atomic E-state index is -1.05. The van der Waals surface area contributed by atoms with Crippen LogP contribution in [0.2, 0.25) is 0 Å². The molecule has 6 heteroatoms. The quantitative estimate of drug-likeness (QED) is 0.747. The van der Waals surface area contributed by atoms with Gasteiger partial charge in [0.05, 0.1) is 12.7 Å². The number of carboxylic acids is 1. The number of aromatic nitrogens is 3. The maximum absolute atomic E-state index is 10.6. The normalized spacial score (nSPS) is 11.7. The minimum Gasteiger partial charge on any atom is -0.476 e. The van der Waals surface area contributed by atoms with Gasteiger partial charge in [-0.05, 0) is 19.8 Å². The lowest BCUT2D eigenvalue weighted by Crippen LogP contribution is -2.42. The van der Waals surface area contributed by atoms with Crippen molar-refractivity contribution in [2.24, 2.45) is 0 Å². The summed E-state index contributed by atoms with van der Waals surface area (Å²) in [4.78, 5) is 10.6. The van der Waals surface area contributed by atoms with Gasteiger partial charge in [0.25, 0.3) is 0 Å². The molecular formula is C11H20N4O2. The highest BCUT2D eigenvalue weighted by Crippen LogP contribution is 2.12. The summed E-state index contributed by atoms with van der Waals surface area (Å²) in [6.45, 7) is 7.84. The van der Waals surface area contributed by atoms with Crippen molar-refractivity contribution < 1.29 is 9.90 Å². The first-order valence-corrected chi connectivity index (χ1v) is 5.89. The number of hydrogen-bond acceptors (Lipinski definition) is 4. The number of nitrogens with one attached hydrogen (secondary N) is 1. The van der Waals surface area contributed by atoms with E-state index in [2.05, 4.69) is 36.4 Å². The Morgan fingerprint density at radius 1 is 1.53 bits per heavy atom. The van der Waals surface area contributed by atoms with E-state index in [4.69, 9.17) is 5.11 Å². The van der Waals surface area contributed by atoms with Gasteiger partial charge in [0.1, 0.15) is 0 Å². The van der Waals surface area contributed by atoms with Crippen LogP contribution < -0.4 is 5.32 Å². The lowest BCUT2D eigenvalue weighted by molar-refractivity contribution is 0.0690. The zero-order valence-corrected chi connectivity index (χ0v) is 10.6. The van der Waals surface area contributed by atoms with Crippen LogP contribution in [-0.4, -0.2) is 38.2 Å². The van der Waals surface area contributed by atoms with E-state index in [0.717, 1.165) is 19.4 Å². The molecule has 96 valence electrons. The Morgan fingerprint density at radius 2 is 2.18 bits per heavy atom. The predicted octanol–water partition coefficient (Wildman–Crippen LogP) is 1.14. The molecule has 0 amide bonds. The molecule has 2 N–H and O–H groups in total. The van der Waals surface area contributed by atoms with Crippen molar-refractivity contribution in [3.8, 4) is 0 Å². The summed E-state index contributed by atoms with van der Waals surface area (Å²) in [5.74, 6) is -1.05. The van der Waals surface area contributed by atoms with E-state index in [1.54, 1.807) is 4.68 Å². The van der Waals surface area contributed by atoms with Crippen LogP contribution in [0.1, 0.15) is 44.1 Å². The van der Waals surface area contributed by atoms with Crippen LogP contribution in [0, 0.1) is 0 Å². The van der Waals surface area contributed by atoms with Gasteiger partial charge in [-0.25, -0.2) is 4.79 Å². The summed E-state index contributed by atoms with van der Waals surface area (Å²) in [5, 5.41) is 19.5. The number of nitrogens with zero attached hydrogens (tertiary/aromatic N) is 3. The average molecular weight is 240 g/mol. The van der Waals surface area contributed by atoms with E-state index in [9.17, 15) is 4.79 Å². The summed E-state index contributed by atoms with van der Waals surface area (Å²) in [5.41, 5.74) is 0.120. The zero-order chi connectivity index (χ0) is 12.9. The van der Waals surface area contributed by atoms with E-state index in [1.807, 2.05) is 0 Å². The van der Waals surface area contributed by atoms with Gasteiger partial charge in [-0.3, -0.25) is 4.68 Å². The summed E-state index contributed by atoms with van der Waals surface area (Å²) >= 11 is 0. The Hall–Kier alpha value is -1.43. The fraction of sp³-hybridized carbons (Fsp3) is 0.727. The summed E-state index contributed by atoms with van der Waals surface area (Å²) in [6.07, 6.45) is 3.56. The van der Waals surface area contributed by atoms with Crippen molar-refractivity contribution in [2.45, 2.75) is 45.7 Å². The molecule has 0 spiro atoms. The molecule has 0 aliphatic heterocycles. The molecule has 0 fully saturated rings. The molecule has 0 atom stereocenters. The Balaban J connectivity index is 2.43. The van der Waals surface area contributed by atoms with Crippen LogP contribution >= 0.6 is 0 Å². The highest BCUT2D eigenvalue weighted by Gasteiger charge is 2.17. The third-order valence-corrected chi connectivity index (χ3v) is 3.21. The van der Waals surface area contributed by atoms with Crippen LogP contribution in [0.25, 0.3) is 0 Å². The molecule has 1 heterocycles. The van der Waals surface area contributed by atoms with Gasteiger partial charge < -0.3 is 10.4 Å². The molecule has 1 aromatic heterocycles. The number of carboxylic acid groups (broad SMARTS) is 1. The molecule has 1 aromatic rings. The second-order valence-corrected chi connectivity index (χ2v) is 4.37. The first-order chi connectivity index (χ1) is 8.00. The highest BCUT2D eigenvalue weighted by atomic mass is 16.4. The molecule has 0 bridgehead atoms. The Bertz CT molecular complexity index is 371. The standard InChI is InChI=1S/C11H20N4O2/c1-4-11(3,5-2)12-6-7-15-8-9(10(16)17)13-14-15/h8,12H,4-7H2,1-3H3,(H,16,17). The van der Waals surface area contributed by atoms with E-state index in [-0.39, 0.29) is 11.2 Å². The Morgan fingerprint density at radius 3 is 2.65 bits per heavy atom. The van der Waals surface area contributed by atoms with Gasteiger partial charge in [0.2, 0.25) is 0 Å². The Kier molecular flexibility index (Phi) is 4.62. The zero-order valence-electron chi connectivity index (χ0n) is 10.6. The van der Waals surface area contributed by atoms with Crippen LogP contribution in [0.3, 0.4) is 0 Å². The van der Waals surface area contributed by atoms with Crippen LogP contribution in [-0.2, 0) is 6.54 Å². The summed E-state index contributed by atoms with van der Waals surface area (Å²) in [6, 6.07) is 0. The molecule has 1 rings (SSSR count).